The van der Waals surface area contributed by atoms with E-state index in [-0.39, 0.29) is 5.75 Å². The van der Waals surface area contributed by atoms with Gasteiger partial charge < -0.3 is 0 Å². The highest BCUT2D eigenvalue weighted by Crippen LogP contribution is 2.21. The predicted octanol–water partition coefficient (Wildman–Crippen LogP) is -0.402. The molecule has 58 valence electrons. The Balaban J connectivity index is 2.91. The third kappa shape index (κ3) is 1.54. The summed E-state index contributed by atoms with van der Waals surface area (Å²) >= 11 is 0. The van der Waals surface area contributed by atoms with Crippen molar-refractivity contribution in [2.24, 2.45) is 5.92 Å². The summed E-state index contributed by atoms with van der Waals surface area (Å²) in [7, 11) is -3.45. The molecule has 0 aromatic heterocycles. The lowest BCUT2D eigenvalue weighted by atomic mass is 10.1. The maximum absolute atomic E-state index is 10.8. The molecule has 2 unspecified atom stereocenters. The molecule has 1 aliphatic rings. The maximum atomic E-state index is 10.8. The minimum absolute atomic E-state index is 0.168. The molecule has 1 rings (SSSR count). The molecule has 1 heterocycles. The Morgan fingerprint density at radius 1 is 1.36 bits per heavy atom. The minimum Gasteiger partial charge on any atom is -0.252 e. The molecular formula is C7H6O3S. The van der Waals surface area contributed by atoms with E-state index in [4.69, 9.17) is 12.8 Å². The van der Waals surface area contributed by atoms with Crippen molar-refractivity contribution in [3.63, 3.8) is 0 Å². The summed E-state index contributed by atoms with van der Waals surface area (Å²) in [6.07, 6.45) is 9.24. The van der Waals surface area contributed by atoms with Crippen LogP contribution in [0.5, 0.6) is 0 Å². The molecule has 0 amide bonds. The molecule has 11 heavy (non-hydrogen) atoms. The molecule has 2 atom stereocenters. The molecule has 0 aromatic rings. The third-order valence-electron chi connectivity index (χ3n) is 1.38. The summed E-state index contributed by atoms with van der Waals surface area (Å²) in [5, 5.41) is 0. The van der Waals surface area contributed by atoms with Gasteiger partial charge in [0.1, 0.15) is 0 Å². The standard InChI is InChI=1S/C7H6O3S/c1-3-6-5-11(8,9)10-7(6)4-2/h1-2,6-7H,5H2. The van der Waals surface area contributed by atoms with Crippen LogP contribution >= 0.6 is 0 Å². The van der Waals surface area contributed by atoms with Crippen molar-refractivity contribution in [1.82, 2.24) is 0 Å². The monoisotopic (exact) mass is 170 g/mol. The first kappa shape index (κ1) is 8.13. The van der Waals surface area contributed by atoms with Gasteiger partial charge in [0.25, 0.3) is 10.1 Å². The van der Waals surface area contributed by atoms with Gasteiger partial charge in [-0.2, -0.15) is 8.42 Å². The fourth-order valence-corrected chi connectivity index (χ4v) is 2.15. The average molecular weight is 170 g/mol. The zero-order valence-corrected chi connectivity index (χ0v) is 6.47. The van der Waals surface area contributed by atoms with Crippen molar-refractivity contribution < 1.29 is 12.6 Å². The molecule has 1 fully saturated rings. The fourth-order valence-electron chi connectivity index (χ4n) is 0.851. The van der Waals surface area contributed by atoms with Crippen molar-refractivity contribution in [2.45, 2.75) is 6.10 Å². The molecular weight excluding hydrogens is 164 g/mol. The fraction of sp³-hybridized carbons (Fsp3) is 0.429. The van der Waals surface area contributed by atoms with E-state index in [0.29, 0.717) is 0 Å². The van der Waals surface area contributed by atoms with E-state index in [0.717, 1.165) is 0 Å². The molecule has 0 N–H and O–H groups in total. The summed E-state index contributed by atoms with van der Waals surface area (Å²) in [5.41, 5.74) is 0. The highest BCUT2D eigenvalue weighted by molar-refractivity contribution is 7.87. The second-order valence-corrected chi connectivity index (χ2v) is 3.82. The smallest absolute Gasteiger partial charge is 0.252 e. The van der Waals surface area contributed by atoms with E-state index < -0.39 is 22.1 Å². The van der Waals surface area contributed by atoms with Crippen molar-refractivity contribution in [2.75, 3.05) is 5.75 Å². The quantitative estimate of drug-likeness (QED) is 0.367. The first-order valence-electron chi connectivity index (χ1n) is 2.92. The molecule has 0 radical (unpaired) electrons. The third-order valence-corrected chi connectivity index (χ3v) is 2.65. The summed E-state index contributed by atoms with van der Waals surface area (Å²) < 4.78 is 26.0. The van der Waals surface area contributed by atoms with E-state index in [2.05, 4.69) is 16.0 Å². The van der Waals surface area contributed by atoms with Crippen LogP contribution in [-0.2, 0) is 14.3 Å². The van der Waals surface area contributed by atoms with Crippen molar-refractivity contribution in [1.29, 1.82) is 0 Å². The Labute approximate surface area is 65.9 Å². The SMILES string of the molecule is C#CC1CS(=O)(=O)OC1C#C. The lowest BCUT2D eigenvalue weighted by Gasteiger charge is -2.00. The van der Waals surface area contributed by atoms with Crippen LogP contribution in [0.3, 0.4) is 0 Å². The van der Waals surface area contributed by atoms with Gasteiger partial charge in [0, 0.05) is 0 Å². The van der Waals surface area contributed by atoms with Crippen LogP contribution in [0.4, 0.5) is 0 Å². The number of hydrogen-bond acceptors (Lipinski definition) is 3. The van der Waals surface area contributed by atoms with Crippen LogP contribution in [0.2, 0.25) is 0 Å². The average Bonchev–Trinajstić information content (AvgIpc) is 2.25. The van der Waals surface area contributed by atoms with Crippen molar-refractivity contribution >= 4 is 10.1 Å². The van der Waals surface area contributed by atoms with Gasteiger partial charge >= 0.3 is 0 Å². The lowest BCUT2D eigenvalue weighted by Crippen LogP contribution is -2.12. The van der Waals surface area contributed by atoms with E-state index in [1.54, 1.807) is 0 Å². The summed E-state index contributed by atoms with van der Waals surface area (Å²) in [4.78, 5) is 0. The zero-order chi connectivity index (χ0) is 8.48. The van der Waals surface area contributed by atoms with Gasteiger partial charge in [-0.25, -0.2) is 0 Å². The van der Waals surface area contributed by atoms with Crippen LogP contribution in [0.1, 0.15) is 0 Å². The Bertz CT molecular complexity index is 300. The largest absolute Gasteiger partial charge is 0.269 e. The molecule has 0 spiro atoms. The molecule has 0 aromatic carbocycles. The first-order valence-corrected chi connectivity index (χ1v) is 4.50. The van der Waals surface area contributed by atoms with E-state index in [1.165, 1.54) is 0 Å². The maximum Gasteiger partial charge on any atom is 0.269 e. The minimum atomic E-state index is -3.45. The van der Waals surface area contributed by atoms with E-state index >= 15 is 0 Å². The lowest BCUT2D eigenvalue weighted by molar-refractivity contribution is 0.272. The van der Waals surface area contributed by atoms with Gasteiger partial charge in [-0.15, -0.1) is 12.8 Å². The van der Waals surface area contributed by atoms with Gasteiger partial charge in [-0.1, -0.05) is 11.8 Å². The van der Waals surface area contributed by atoms with E-state index in [1.807, 2.05) is 0 Å². The van der Waals surface area contributed by atoms with Gasteiger partial charge in [0.05, 0.1) is 11.7 Å². The summed E-state index contributed by atoms with van der Waals surface area (Å²) in [5.74, 6) is 3.79. The Kier molecular flexibility index (Phi) is 1.90. The Hall–Kier alpha value is -0.970. The van der Waals surface area contributed by atoms with E-state index in [9.17, 15) is 8.42 Å². The molecule has 4 heteroatoms. The predicted molar refractivity (Wildman–Crippen MR) is 39.8 cm³/mol. The number of rotatable bonds is 0. The van der Waals surface area contributed by atoms with Gasteiger partial charge in [-0.05, 0) is 0 Å². The Morgan fingerprint density at radius 2 is 2.00 bits per heavy atom. The highest BCUT2D eigenvalue weighted by atomic mass is 32.2. The van der Waals surface area contributed by atoms with Crippen molar-refractivity contribution in [3.8, 4) is 24.7 Å². The van der Waals surface area contributed by atoms with Crippen LogP contribution in [0.15, 0.2) is 0 Å². The van der Waals surface area contributed by atoms with Gasteiger partial charge in [-0.3, -0.25) is 4.18 Å². The summed E-state index contributed by atoms with van der Waals surface area (Å²) in [6.45, 7) is 0. The van der Waals surface area contributed by atoms with Gasteiger partial charge in [0.2, 0.25) is 0 Å². The van der Waals surface area contributed by atoms with Crippen molar-refractivity contribution in [3.05, 3.63) is 0 Å². The molecule has 3 nitrogen and oxygen atoms in total. The number of terminal acetylenes is 2. The molecule has 0 saturated carbocycles. The first-order chi connectivity index (χ1) is 5.09. The van der Waals surface area contributed by atoms with Gasteiger partial charge in [0.15, 0.2) is 6.10 Å². The molecule has 0 aliphatic carbocycles. The van der Waals surface area contributed by atoms with Crippen LogP contribution in [0, 0.1) is 30.6 Å². The van der Waals surface area contributed by atoms with Crippen LogP contribution < -0.4 is 0 Å². The summed E-state index contributed by atoms with van der Waals surface area (Å²) in [6, 6.07) is 0. The second kappa shape index (κ2) is 2.58. The normalized spacial score (nSPS) is 34.0. The molecule has 0 bridgehead atoms. The highest BCUT2D eigenvalue weighted by Gasteiger charge is 2.36. The number of hydrogen-bond donors (Lipinski definition) is 0. The molecule has 1 saturated heterocycles. The molecule has 1 aliphatic heterocycles. The van der Waals surface area contributed by atoms with Crippen LogP contribution in [-0.4, -0.2) is 20.3 Å². The van der Waals surface area contributed by atoms with Crippen LogP contribution in [0.25, 0.3) is 0 Å². The second-order valence-electron chi connectivity index (χ2n) is 2.18. The Morgan fingerprint density at radius 3 is 2.36 bits per heavy atom. The topological polar surface area (TPSA) is 43.4 Å². The zero-order valence-electron chi connectivity index (χ0n) is 5.65.